The lowest BCUT2D eigenvalue weighted by molar-refractivity contribution is 0.0421. The highest BCUT2D eigenvalue weighted by atomic mass is 16.6. The van der Waals surface area contributed by atoms with E-state index in [0.29, 0.717) is 6.61 Å². The number of nitrogens with zero attached hydrogens (tertiary/aromatic N) is 1. The molecule has 0 aromatic carbocycles. The quantitative estimate of drug-likeness (QED) is 0.776. The van der Waals surface area contributed by atoms with Gasteiger partial charge in [0.25, 0.3) is 0 Å². The summed E-state index contributed by atoms with van der Waals surface area (Å²) in [6, 6.07) is 1.40. The second kappa shape index (κ2) is 5.17. The van der Waals surface area contributed by atoms with Crippen LogP contribution in [0.4, 0.5) is 4.79 Å². The van der Waals surface area contributed by atoms with Gasteiger partial charge in [0.05, 0.1) is 12.2 Å². The second-order valence-corrected chi connectivity index (χ2v) is 4.80. The summed E-state index contributed by atoms with van der Waals surface area (Å²) in [4.78, 5) is 11.4. The van der Waals surface area contributed by atoms with Gasteiger partial charge < -0.3 is 14.8 Å². The van der Waals surface area contributed by atoms with E-state index in [4.69, 9.17) is 14.7 Å². The number of carbonyl (C=O) groups excluding carboxylic acids is 1. The van der Waals surface area contributed by atoms with Crippen LogP contribution in [-0.4, -0.2) is 30.4 Å². The number of nitriles is 1. The third-order valence-electron chi connectivity index (χ3n) is 2.15. The van der Waals surface area contributed by atoms with E-state index < -0.39 is 17.7 Å². The largest absolute Gasteiger partial charge is 0.444 e. The highest BCUT2D eigenvalue weighted by molar-refractivity contribution is 5.68. The van der Waals surface area contributed by atoms with Gasteiger partial charge in [0.2, 0.25) is 0 Å². The van der Waals surface area contributed by atoms with Gasteiger partial charge >= 0.3 is 6.09 Å². The van der Waals surface area contributed by atoms with E-state index in [1.165, 1.54) is 0 Å². The molecule has 2 atom stereocenters. The van der Waals surface area contributed by atoms with Crippen LogP contribution >= 0.6 is 0 Å². The minimum Gasteiger partial charge on any atom is -0.444 e. The van der Waals surface area contributed by atoms with Gasteiger partial charge in [-0.1, -0.05) is 0 Å². The molecule has 2 unspecified atom stereocenters. The van der Waals surface area contributed by atoms with E-state index in [9.17, 15) is 4.79 Å². The predicted octanol–water partition coefficient (Wildman–Crippen LogP) is 1.58. The predicted molar refractivity (Wildman–Crippen MR) is 57.7 cm³/mol. The lowest BCUT2D eigenvalue weighted by Gasteiger charge is -2.22. The Morgan fingerprint density at radius 3 is 2.75 bits per heavy atom. The van der Waals surface area contributed by atoms with Crippen LogP contribution in [0.3, 0.4) is 0 Å². The molecule has 0 aliphatic carbocycles. The zero-order chi connectivity index (χ0) is 12.2. The van der Waals surface area contributed by atoms with Crippen LogP contribution in [-0.2, 0) is 9.47 Å². The minimum atomic E-state index is -0.627. The van der Waals surface area contributed by atoms with Gasteiger partial charge in [-0.15, -0.1) is 0 Å². The molecule has 90 valence electrons. The Bertz CT molecular complexity index is 285. The van der Waals surface area contributed by atoms with Crippen molar-refractivity contribution in [3.05, 3.63) is 0 Å². The van der Waals surface area contributed by atoms with Crippen molar-refractivity contribution >= 4 is 6.09 Å². The summed E-state index contributed by atoms with van der Waals surface area (Å²) in [5.74, 6) is 0. The molecule has 1 saturated heterocycles. The maximum atomic E-state index is 11.4. The van der Waals surface area contributed by atoms with Crippen LogP contribution in [0, 0.1) is 11.3 Å². The molecule has 0 aromatic heterocycles. The van der Waals surface area contributed by atoms with Crippen molar-refractivity contribution in [3.8, 4) is 6.07 Å². The van der Waals surface area contributed by atoms with Crippen LogP contribution in [0.15, 0.2) is 0 Å². The van der Waals surface area contributed by atoms with Crippen molar-refractivity contribution in [2.45, 2.75) is 51.4 Å². The van der Waals surface area contributed by atoms with Crippen molar-refractivity contribution in [2.75, 3.05) is 6.61 Å². The Labute approximate surface area is 95.7 Å². The van der Waals surface area contributed by atoms with Crippen molar-refractivity contribution < 1.29 is 14.3 Å². The van der Waals surface area contributed by atoms with Crippen molar-refractivity contribution in [1.82, 2.24) is 5.32 Å². The Hall–Kier alpha value is -1.28. The number of ether oxygens (including phenoxy) is 2. The highest BCUT2D eigenvalue weighted by Gasteiger charge is 2.28. The van der Waals surface area contributed by atoms with Crippen molar-refractivity contribution in [2.24, 2.45) is 0 Å². The SMILES string of the molecule is CC(C)(C)OC(=O)NC(C#N)C1CCCO1. The Kier molecular flexibility index (Phi) is 4.13. The molecule has 0 spiro atoms. The summed E-state index contributed by atoms with van der Waals surface area (Å²) < 4.78 is 10.4. The molecular weight excluding hydrogens is 208 g/mol. The lowest BCUT2D eigenvalue weighted by Crippen LogP contribution is -2.44. The molecule has 1 heterocycles. The summed E-state index contributed by atoms with van der Waals surface area (Å²) in [5, 5.41) is 11.5. The molecule has 0 radical (unpaired) electrons. The van der Waals surface area contributed by atoms with Crippen LogP contribution in [0.1, 0.15) is 33.6 Å². The average molecular weight is 226 g/mol. The summed E-state index contributed by atoms with van der Waals surface area (Å²) in [6.07, 6.45) is 0.944. The topological polar surface area (TPSA) is 71.3 Å². The fraction of sp³-hybridized carbons (Fsp3) is 0.818. The maximum Gasteiger partial charge on any atom is 0.408 e. The Balaban J connectivity index is 2.44. The zero-order valence-corrected chi connectivity index (χ0v) is 9.95. The molecule has 1 N–H and O–H groups in total. The van der Waals surface area contributed by atoms with E-state index >= 15 is 0 Å². The molecule has 5 heteroatoms. The molecule has 0 bridgehead atoms. The number of hydrogen-bond acceptors (Lipinski definition) is 4. The normalized spacial score (nSPS) is 22.2. The van der Waals surface area contributed by atoms with Crippen LogP contribution in [0.2, 0.25) is 0 Å². The van der Waals surface area contributed by atoms with E-state index in [1.807, 2.05) is 6.07 Å². The number of rotatable bonds is 2. The van der Waals surface area contributed by atoms with E-state index in [2.05, 4.69) is 5.32 Å². The second-order valence-electron chi connectivity index (χ2n) is 4.80. The fourth-order valence-electron chi connectivity index (χ4n) is 1.51. The molecule has 0 aromatic rings. The molecule has 5 nitrogen and oxygen atoms in total. The van der Waals surface area contributed by atoms with Gasteiger partial charge in [-0.3, -0.25) is 0 Å². The first kappa shape index (κ1) is 12.8. The van der Waals surface area contributed by atoms with Gasteiger partial charge in [0.15, 0.2) is 0 Å². The number of nitrogens with one attached hydrogen (secondary N) is 1. The van der Waals surface area contributed by atoms with Crippen LogP contribution in [0.25, 0.3) is 0 Å². The number of carbonyl (C=O) groups is 1. The molecule has 16 heavy (non-hydrogen) atoms. The number of hydrogen-bond donors (Lipinski definition) is 1. The number of alkyl carbamates (subject to hydrolysis) is 1. The minimum absolute atomic E-state index is 0.211. The molecule has 1 aliphatic rings. The smallest absolute Gasteiger partial charge is 0.408 e. The van der Waals surface area contributed by atoms with Crippen molar-refractivity contribution in [1.29, 1.82) is 5.26 Å². The first-order valence-electron chi connectivity index (χ1n) is 5.43. The van der Waals surface area contributed by atoms with Gasteiger partial charge in [-0.05, 0) is 33.6 Å². The first-order valence-corrected chi connectivity index (χ1v) is 5.43. The van der Waals surface area contributed by atoms with Gasteiger partial charge in [0.1, 0.15) is 11.6 Å². The summed E-state index contributed by atoms with van der Waals surface area (Å²) in [6.45, 7) is 5.99. The monoisotopic (exact) mass is 226 g/mol. The van der Waals surface area contributed by atoms with E-state index in [-0.39, 0.29) is 6.10 Å². The molecule has 0 saturated carbocycles. The molecule has 1 fully saturated rings. The Morgan fingerprint density at radius 2 is 2.31 bits per heavy atom. The van der Waals surface area contributed by atoms with E-state index in [1.54, 1.807) is 20.8 Å². The average Bonchev–Trinajstić information content (AvgIpc) is 2.63. The zero-order valence-electron chi connectivity index (χ0n) is 9.95. The molecular formula is C11H18N2O3. The summed E-state index contributed by atoms with van der Waals surface area (Å²) >= 11 is 0. The standard InChI is InChI=1S/C11H18N2O3/c1-11(2,3)16-10(14)13-8(7-12)9-5-4-6-15-9/h8-9H,4-6H2,1-3H3,(H,13,14). The molecule has 1 rings (SSSR count). The van der Waals surface area contributed by atoms with Crippen LogP contribution < -0.4 is 5.32 Å². The lowest BCUT2D eigenvalue weighted by atomic mass is 10.1. The van der Waals surface area contributed by atoms with Crippen LogP contribution in [0.5, 0.6) is 0 Å². The molecule has 1 aliphatic heterocycles. The highest BCUT2D eigenvalue weighted by Crippen LogP contribution is 2.16. The third kappa shape index (κ3) is 4.07. The van der Waals surface area contributed by atoms with Gasteiger partial charge in [-0.25, -0.2) is 4.79 Å². The first-order chi connectivity index (χ1) is 7.42. The van der Waals surface area contributed by atoms with Crippen molar-refractivity contribution in [3.63, 3.8) is 0 Å². The van der Waals surface area contributed by atoms with Gasteiger partial charge in [0, 0.05) is 6.61 Å². The Morgan fingerprint density at radius 1 is 1.62 bits per heavy atom. The van der Waals surface area contributed by atoms with Gasteiger partial charge in [-0.2, -0.15) is 5.26 Å². The molecule has 1 amide bonds. The van der Waals surface area contributed by atoms with E-state index in [0.717, 1.165) is 12.8 Å². The maximum absolute atomic E-state index is 11.4. The third-order valence-corrected chi connectivity index (χ3v) is 2.15. The summed E-state index contributed by atoms with van der Waals surface area (Å²) in [5.41, 5.74) is -0.555. The number of amides is 1. The fourth-order valence-corrected chi connectivity index (χ4v) is 1.51. The summed E-state index contributed by atoms with van der Waals surface area (Å²) in [7, 11) is 0.